The molecule has 0 aliphatic carbocycles. The van der Waals surface area contributed by atoms with Gasteiger partial charge in [0.2, 0.25) is 0 Å². The monoisotopic (exact) mass is 254 g/mol. The van der Waals surface area contributed by atoms with E-state index in [1.54, 1.807) is 12.1 Å². The maximum Gasteiger partial charge on any atom is 0.123 e. The van der Waals surface area contributed by atoms with Crippen LogP contribution < -0.4 is 5.73 Å². The Kier molecular flexibility index (Phi) is 3.05. The second-order valence-electron chi connectivity index (χ2n) is 4.63. The fourth-order valence-electron chi connectivity index (χ4n) is 2.52. The van der Waals surface area contributed by atoms with Crippen LogP contribution in [0.2, 0.25) is 0 Å². The van der Waals surface area contributed by atoms with E-state index in [9.17, 15) is 4.39 Å². The van der Waals surface area contributed by atoms with Crippen molar-refractivity contribution < 1.29 is 4.39 Å². The summed E-state index contributed by atoms with van der Waals surface area (Å²) in [6.45, 7) is 0.494. The molecular formula is C16H15FN2. The Morgan fingerprint density at radius 3 is 2.53 bits per heavy atom. The SMILES string of the molecule is NC[C@H](c1ccc(F)cc1)c1c[nH]c2ccccc12. The van der Waals surface area contributed by atoms with Crippen LogP contribution in [0.1, 0.15) is 17.0 Å². The molecule has 96 valence electrons. The summed E-state index contributed by atoms with van der Waals surface area (Å²) < 4.78 is 13.0. The average molecular weight is 254 g/mol. The van der Waals surface area contributed by atoms with E-state index in [0.29, 0.717) is 6.54 Å². The molecule has 3 N–H and O–H groups in total. The number of fused-ring (bicyclic) bond motifs is 1. The minimum atomic E-state index is -0.224. The van der Waals surface area contributed by atoms with Crippen molar-refractivity contribution in [2.24, 2.45) is 5.73 Å². The second kappa shape index (κ2) is 4.86. The number of para-hydroxylation sites is 1. The lowest BCUT2D eigenvalue weighted by Gasteiger charge is -2.14. The maximum atomic E-state index is 13.0. The Morgan fingerprint density at radius 1 is 1.05 bits per heavy atom. The summed E-state index contributed by atoms with van der Waals surface area (Å²) in [4.78, 5) is 3.25. The molecule has 0 unspecified atom stereocenters. The number of benzene rings is 2. The highest BCUT2D eigenvalue weighted by molar-refractivity contribution is 5.84. The molecule has 1 heterocycles. The van der Waals surface area contributed by atoms with Gasteiger partial charge in [0.05, 0.1) is 0 Å². The number of H-pyrrole nitrogens is 1. The molecule has 0 aliphatic rings. The molecule has 19 heavy (non-hydrogen) atoms. The molecule has 1 atom stereocenters. The van der Waals surface area contributed by atoms with Gasteiger partial charge in [0.25, 0.3) is 0 Å². The summed E-state index contributed by atoms with van der Waals surface area (Å²) in [6, 6.07) is 14.7. The standard InChI is InChI=1S/C16H15FN2/c17-12-7-5-11(6-8-12)14(9-18)15-10-19-16-4-2-1-3-13(15)16/h1-8,10,14,19H,9,18H2/t14-/m1/s1. The zero-order valence-corrected chi connectivity index (χ0v) is 10.4. The third-order valence-corrected chi connectivity index (χ3v) is 3.50. The third kappa shape index (κ3) is 2.13. The summed E-state index contributed by atoms with van der Waals surface area (Å²) in [7, 11) is 0. The molecule has 0 amide bonds. The summed E-state index contributed by atoms with van der Waals surface area (Å²) in [6.07, 6.45) is 1.99. The fraction of sp³-hybridized carbons (Fsp3) is 0.125. The molecule has 0 fully saturated rings. The van der Waals surface area contributed by atoms with Gasteiger partial charge < -0.3 is 10.7 Å². The third-order valence-electron chi connectivity index (χ3n) is 3.50. The lowest BCUT2D eigenvalue weighted by molar-refractivity contribution is 0.626. The van der Waals surface area contributed by atoms with E-state index in [1.807, 2.05) is 24.4 Å². The van der Waals surface area contributed by atoms with Gasteiger partial charge in [0.1, 0.15) is 5.82 Å². The summed E-state index contributed by atoms with van der Waals surface area (Å²) in [5.41, 5.74) is 9.21. The first-order valence-corrected chi connectivity index (χ1v) is 6.31. The zero-order chi connectivity index (χ0) is 13.2. The van der Waals surface area contributed by atoms with Gasteiger partial charge in [-0.3, -0.25) is 0 Å². The minimum absolute atomic E-state index is 0.0803. The van der Waals surface area contributed by atoms with Crippen LogP contribution in [-0.4, -0.2) is 11.5 Å². The van der Waals surface area contributed by atoms with E-state index in [1.165, 1.54) is 17.5 Å². The quantitative estimate of drug-likeness (QED) is 0.739. The van der Waals surface area contributed by atoms with Gasteiger partial charge in [-0.25, -0.2) is 4.39 Å². The molecule has 0 saturated carbocycles. The summed E-state index contributed by atoms with van der Waals surface area (Å²) in [5, 5.41) is 1.17. The number of rotatable bonds is 3. The molecule has 3 heteroatoms. The first kappa shape index (κ1) is 11.9. The lowest BCUT2D eigenvalue weighted by atomic mass is 9.91. The van der Waals surface area contributed by atoms with Crippen molar-refractivity contribution in [1.29, 1.82) is 0 Å². The van der Waals surface area contributed by atoms with Crippen molar-refractivity contribution in [2.45, 2.75) is 5.92 Å². The van der Waals surface area contributed by atoms with E-state index in [-0.39, 0.29) is 11.7 Å². The minimum Gasteiger partial charge on any atom is -0.361 e. The molecule has 0 aliphatic heterocycles. The van der Waals surface area contributed by atoms with Crippen molar-refractivity contribution in [1.82, 2.24) is 4.98 Å². The number of hydrogen-bond donors (Lipinski definition) is 2. The number of halogens is 1. The molecule has 0 spiro atoms. The van der Waals surface area contributed by atoms with Crippen molar-refractivity contribution in [3.8, 4) is 0 Å². The van der Waals surface area contributed by atoms with Gasteiger partial charge in [0, 0.05) is 29.6 Å². The summed E-state index contributed by atoms with van der Waals surface area (Å²) in [5.74, 6) is -0.143. The second-order valence-corrected chi connectivity index (χ2v) is 4.63. The van der Waals surface area contributed by atoms with Crippen LogP contribution in [0.5, 0.6) is 0 Å². The predicted molar refractivity (Wildman–Crippen MR) is 75.6 cm³/mol. The van der Waals surface area contributed by atoms with Gasteiger partial charge in [-0.2, -0.15) is 0 Å². The molecule has 0 bridgehead atoms. The molecule has 3 aromatic rings. The molecule has 0 radical (unpaired) electrons. The van der Waals surface area contributed by atoms with Crippen LogP contribution in [0.4, 0.5) is 4.39 Å². The zero-order valence-electron chi connectivity index (χ0n) is 10.4. The van der Waals surface area contributed by atoms with Crippen LogP contribution in [0, 0.1) is 5.82 Å². The largest absolute Gasteiger partial charge is 0.361 e. The van der Waals surface area contributed by atoms with Crippen LogP contribution in [0.25, 0.3) is 10.9 Å². The van der Waals surface area contributed by atoms with Gasteiger partial charge in [-0.1, -0.05) is 30.3 Å². The summed E-state index contributed by atoms with van der Waals surface area (Å²) >= 11 is 0. The molecule has 1 aromatic heterocycles. The van der Waals surface area contributed by atoms with E-state index in [0.717, 1.165) is 16.6 Å². The fourth-order valence-corrected chi connectivity index (χ4v) is 2.52. The van der Waals surface area contributed by atoms with Crippen molar-refractivity contribution in [2.75, 3.05) is 6.54 Å². The number of nitrogens with two attached hydrogens (primary N) is 1. The maximum absolute atomic E-state index is 13.0. The van der Waals surface area contributed by atoms with Gasteiger partial charge in [0.15, 0.2) is 0 Å². The van der Waals surface area contributed by atoms with Gasteiger partial charge in [-0.15, -0.1) is 0 Å². The number of nitrogens with one attached hydrogen (secondary N) is 1. The molecule has 0 saturated heterocycles. The Balaban J connectivity index is 2.09. The van der Waals surface area contributed by atoms with Crippen LogP contribution in [0.3, 0.4) is 0 Å². The number of aromatic nitrogens is 1. The molecule has 2 nitrogen and oxygen atoms in total. The van der Waals surface area contributed by atoms with Crippen LogP contribution in [0.15, 0.2) is 54.7 Å². The molecule has 3 rings (SSSR count). The van der Waals surface area contributed by atoms with E-state index in [2.05, 4.69) is 11.1 Å². The van der Waals surface area contributed by atoms with E-state index >= 15 is 0 Å². The molecular weight excluding hydrogens is 239 g/mol. The van der Waals surface area contributed by atoms with Gasteiger partial charge >= 0.3 is 0 Å². The predicted octanol–water partition coefficient (Wildman–Crippen LogP) is 3.40. The number of hydrogen-bond acceptors (Lipinski definition) is 1. The Hall–Kier alpha value is -2.13. The smallest absolute Gasteiger partial charge is 0.123 e. The highest BCUT2D eigenvalue weighted by Crippen LogP contribution is 2.30. The highest BCUT2D eigenvalue weighted by Gasteiger charge is 2.16. The Bertz CT molecular complexity index is 685. The first-order chi connectivity index (χ1) is 9.29. The normalized spacial score (nSPS) is 12.7. The van der Waals surface area contributed by atoms with Crippen molar-refractivity contribution >= 4 is 10.9 Å². The topological polar surface area (TPSA) is 41.8 Å². The lowest BCUT2D eigenvalue weighted by Crippen LogP contribution is -2.13. The van der Waals surface area contributed by atoms with Crippen LogP contribution in [-0.2, 0) is 0 Å². The highest BCUT2D eigenvalue weighted by atomic mass is 19.1. The van der Waals surface area contributed by atoms with Crippen molar-refractivity contribution in [3.63, 3.8) is 0 Å². The Morgan fingerprint density at radius 2 is 1.79 bits per heavy atom. The van der Waals surface area contributed by atoms with Crippen LogP contribution >= 0.6 is 0 Å². The van der Waals surface area contributed by atoms with Gasteiger partial charge in [-0.05, 0) is 29.3 Å². The van der Waals surface area contributed by atoms with Crippen molar-refractivity contribution in [3.05, 3.63) is 71.7 Å². The molecule has 2 aromatic carbocycles. The Labute approximate surface area is 111 Å². The van der Waals surface area contributed by atoms with E-state index in [4.69, 9.17) is 5.73 Å². The number of aromatic amines is 1. The average Bonchev–Trinajstić information content (AvgIpc) is 2.86. The first-order valence-electron chi connectivity index (χ1n) is 6.31. The van der Waals surface area contributed by atoms with E-state index < -0.39 is 0 Å².